The number of terminal acetylenes is 1. The van der Waals surface area contributed by atoms with Gasteiger partial charge < -0.3 is 0 Å². The molecule has 0 bridgehead atoms. The van der Waals surface area contributed by atoms with Crippen molar-refractivity contribution in [1.82, 2.24) is 9.13 Å². The van der Waals surface area contributed by atoms with E-state index in [9.17, 15) is 9.59 Å². The fourth-order valence-electron chi connectivity index (χ4n) is 2.73. The molecule has 0 saturated carbocycles. The van der Waals surface area contributed by atoms with Gasteiger partial charge in [0, 0.05) is 11.0 Å². The van der Waals surface area contributed by atoms with Crippen LogP contribution in [0.1, 0.15) is 5.56 Å². The summed E-state index contributed by atoms with van der Waals surface area (Å²) in [5, 5.41) is 0. The highest BCUT2D eigenvalue weighted by Gasteiger charge is 2.14. The van der Waals surface area contributed by atoms with Crippen molar-refractivity contribution in [2.75, 3.05) is 6.26 Å². The van der Waals surface area contributed by atoms with E-state index in [0.717, 1.165) is 20.6 Å². The van der Waals surface area contributed by atoms with Gasteiger partial charge in [-0.15, -0.1) is 18.2 Å². The summed E-state index contributed by atoms with van der Waals surface area (Å²) in [4.78, 5) is 26.5. The van der Waals surface area contributed by atoms with Crippen LogP contribution in [0.3, 0.4) is 0 Å². The summed E-state index contributed by atoms with van der Waals surface area (Å²) in [7, 11) is 0. The number of aryl methyl sites for hydroxylation is 1. The van der Waals surface area contributed by atoms with Crippen LogP contribution in [0.15, 0.2) is 69.1 Å². The quantitative estimate of drug-likeness (QED) is 0.528. The van der Waals surface area contributed by atoms with Crippen LogP contribution in [-0.2, 0) is 6.54 Å². The molecule has 0 saturated heterocycles. The molecule has 1 heterocycles. The molecule has 0 amide bonds. The van der Waals surface area contributed by atoms with Gasteiger partial charge in [-0.25, -0.2) is 9.36 Å². The van der Waals surface area contributed by atoms with Crippen molar-refractivity contribution in [1.29, 1.82) is 0 Å². The van der Waals surface area contributed by atoms with E-state index in [0.29, 0.717) is 11.4 Å². The standard InChI is InChI=1S/C21H18N2O2S/c1-4-13-22-20(24)14-19(16-7-5-15(2)6-8-16)23(21(22)25)17-9-11-18(26-3)12-10-17/h1,5-12,14H,13H2,2-3H3. The van der Waals surface area contributed by atoms with Crippen molar-refractivity contribution in [3.8, 4) is 29.3 Å². The van der Waals surface area contributed by atoms with Crippen LogP contribution in [0.25, 0.3) is 16.9 Å². The molecule has 1 aromatic heterocycles. The van der Waals surface area contributed by atoms with E-state index in [1.165, 1.54) is 10.6 Å². The third-order valence-corrected chi connectivity index (χ3v) is 4.86. The van der Waals surface area contributed by atoms with Gasteiger partial charge in [0.25, 0.3) is 5.56 Å². The first-order valence-electron chi connectivity index (χ1n) is 8.07. The summed E-state index contributed by atoms with van der Waals surface area (Å²) < 4.78 is 2.60. The predicted molar refractivity (Wildman–Crippen MR) is 107 cm³/mol. The van der Waals surface area contributed by atoms with Gasteiger partial charge in [-0.1, -0.05) is 35.7 Å². The van der Waals surface area contributed by atoms with Crippen LogP contribution >= 0.6 is 11.8 Å². The van der Waals surface area contributed by atoms with E-state index in [-0.39, 0.29) is 6.54 Å². The van der Waals surface area contributed by atoms with E-state index >= 15 is 0 Å². The second kappa shape index (κ2) is 7.51. The number of benzene rings is 2. The van der Waals surface area contributed by atoms with Gasteiger partial charge in [-0.3, -0.25) is 9.36 Å². The number of hydrogen-bond acceptors (Lipinski definition) is 3. The molecular formula is C21H18N2O2S. The molecule has 130 valence electrons. The molecule has 0 aliphatic carbocycles. The SMILES string of the molecule is C#CCn1c(=O)cc(-c2ccc(C)cc2)n(-c2ccc(SC)cc2)c1=O. The first-order valence-corrected chi connectivity index (χ1v) is 9.29. The molecule has 0 aliphatic rings. The van der Waals surface area contributed by atoms with Crippen LogP contribution in [-0.4, -0.2) is 15.4 Å². The van der Waals surface area contributed by atoms with Gasteiger partial charge in [0.1, 0.15) is 0 Å². The molecule has 0 spiro atoms. The molecule has 0 atom stereocenters. The van der Waals surface area contributed by atoms with E-state index in [1.807, 2.05) is 61.7 Å². The number of thioether (sulfide) groups is 1. The van der Waals surface area contributed by atoms with Crippen LogP contribution in [0.5, 0.6) is 0 Å². The summed E-state index contributed by atoms with van der Waals surface area (Å²) in [5.41, 5.74) is 2.29. The smallest absolute Gasteiger partial charge is 0.269 e. The Morgan fingerprint density at radius 2 is 1.69 bits per heavy atom. The lowest BCUT2D eigenvalue weighted by molar-refractivity contribution is 0.694. The summed E-state index contributed by atoms with van der Waals surface area (Å²) in [5.74, 6) is 2.38. The Labute approximate surface area is 156 Å². The minimum absolute atomic E-state index is 0.0608. The molecule has 0 aliphatic heterocycles. The Hall–Kier alpha value is -2.97. The zero-order valence-electron chi connectivity index (χ0n) is 14.6. The van der Waals surface area contributed by atoms with Gasteiger partial charge >= 0.3 is 5.69 Å². The van der Waals surface area contributed by atoms with Crippen molar-refractivity contribution < 1.29 is 0 Å². The lowest BCUT2D eigenvalue weighted by atomic mass is 10.1. The second-order valence-corrected chi connectivity index (χ2v) is 6.72. The number of nitrogens with zero attached hydrogens (tertiary/aromatic N) is 2. The molecule has 0 fully saturated rings. The maximum atomic E-state index is 13.0. The minimum atomic E-state index is -0.442. The first kappa shape index (κ1) is 17.8. The van der Waals surface area contributed by atoms with Crippen molar-refractivity contribution >= 4 is 11.8 Å². The molecule has 26 heavy (non-hydrogen) atoms. The number of rotatable bonds is 4. The highest BCUT2D eigenvalue weighted by atomic mass is 32.2. The molecule has 0 unspecified atom stereocenters. The first-order chi connectivity index (χ1) is 12.5. The monoisotopic (exact) mass is 362 g/mol. The average Bonchev–Trinajstić information content (AvgIpc) is 2.65. The Kier molecular flexibility index (Phi) is 5.15. The Morgan fingerprint density at radius 1 is 1.04 bits per heavy atom. The Balaban J connectivity index is 2.32. The van der Waals surface area contributed by atoms with E-state index in [2.05, 4.69) is 5.92 Å². The molecule has 4 nitrogen and oxygen atoms in total. The van der Waals surface area contributed by atoms with E-state index < -0.39 is 11.2 Å². The highest BCUT2D eigenvalue weighted by molar-refractivity contribution is 7.98. The molecular weight excluding hydrogens is 344 g/mol. The summed E-state index contributed by atoms with van der Waals surface area (Å²) in [6, 6.07) is 16.8. The van der Waals surface area contributed by atoms with Gasteiger partial charge in [-0.05, 0) is 43.0 Å². The van der Waals surface area contributed by atoms with Crippen molar-refractivity contribution in [2.45, 2.75) is 18.4 Å². The van der Waals surface area contributed by atoms with Crippen LogP contribution < -0.4 is 11.2 Å². The minimum Gasteiger partial charge on any atom is -0.269 e. The Bertz CT molecular complexity index is 1090. The van der Waals surface area contributed by atoms with Crippen LogP contribution in [0, 0.1) is 19.3 Å². The third kappa shape index (κ3) is 3.37. The lowest BCUT2D eigenvalue weighted by Crippen LogP contribution is -2.39. The van der Waals surface area contributed by atoms with E-state index in [4.69, 9.17) is 6.42 Å². The van der Waals surface area contributed by atoms with Crippen LogP contribution in [0.4, 0.5) is 0 Å². The van der Waals surface area contributed by atoms with Gasteiger partial charge in [0.05, 0.1) is 17.9 Å². The summed E-state index contributed by atoms with van der Waals surface area (Å²) >= 11 is 1.62. The lowest BCUT2D eigenvalue weighted by Gasteiger charge is -2.15. The summed E-state index contributed by atoms with van der Waals surface area (Å²) in [6.45, 7) is 1.93. The van der Waals surface area contributed by atoms with Gasteiger partial charge in [0.2, 0.25) is 0 Å². The second-order valence-electron chi connectivity index (χ2n) is 5.84. The zero-order valence-corrected chi connectivity index (χ0v) is 15.4. The average molecular weight is 362 g/mol. The van der Waals surface area contributed by atoms with Crippen molar-refractivity contribution in [3.63, 3.8) is 0 Å². The molecule has 0 N–H and O–H groups in total. The highest BCUT2D eigenvalue weighted by Crippen LogP contribution is 2.22. The van der Waals surface area contributed by atoms with E-state index in [1.54, 1.807) is 11.8 Å². The Morgan fingerprint density at radius 3 is 2.27 bits per heavy atom. The molecule has 5 heteroatoms. The maximum absolute atomic E-state index is 13.0. The summed E-state index contributed by atoms with van der Waals surface area (Å²) in [6.07, 6.45) is 7.32. The van der Waals surface area contributed by atoms with Gasteiger partial charge in [0.15, 0.2) is 0 Å². The topological polar surface area (TPSA) is 44.0 Å². The molecule has 0 radical (unpaired) electrons. The van der Waals surface area contributed by atoms with Crippen molar-refractivity contribution in [2.24, 2.45) is 0 Å². The fraction of sp³-hybridized carbons (Fsp3) is 0.143. The fourth-order valence-corrected chi connectivity index (χ4v) is 3.14. The number of aromatic nitrogens is 2. The van der Waals surface area contributed by atoms with Crippen molar-refractivity contribution in [3.05, 3.63) is 81.0 Å². The number of hydrogen-bond donors (Lipinski definition) is 0. The molecule has 2 aromatic carbocycles. The van der Waals surface area contributed by atoms with Gasteiger partial charge in [-0.2, -0.15) is 0 Å². The third-order valence-electron chi connectivity index (χ3n) is 4.12. The normalized spacial score (nSPS) is 10.5. The molecule has 3 aromatic rings. The zero-order chi connectivity index (χ0) is 18.7. The van der Waals surface area contributed by atoms with Crippen LogP contribution in [0.2, 0.25) is 0 Å². The largest absolute Gasteiger partial charge is 0.336 e. The molecule has 3 rings (SSSR count). The maximum Gasteiger partial charge on any atom is 0.336 e. The predicted octanol–water partition coefficient (Wildman–Crippen LogP) is 3.33.